The van der Waals surface area contributed by atoms with Gasteiger partial charge in [-0.05, 0) is 25.1 Å². The molecule has 0 aliphatic carbocycles. The van der Waals surface area contributed by atoms with Crippen molar-refractivity contribution in [1.82, 2.24) is 0 Å². The Morgan fingerprint density at radius 1 is 1.61 bits per heavy atom. The molecule has 96 valence electrons. The Morgan fingerprint density at radius 2 is 2.28 bits per heavy atom. The van der Waals surface area contributed by atoms with E-state index in [1.165, 1.54) is 12.1 Å². The van der Waals surface area contributed by atoms with Gasteiger partial charge in [0.15, 0.2) is 0 Å². The highest BCUT2D eigenvalue weighted by Crippen LogP contribution is 2.22. The van der Waals surface area contributed by atoms with Gasteiger partial charge in [-0.15, -0.1) is 0 Å². The Balaban J connectivity index is 3.02. The van der Waals surface area contributed by atoms with Gasteiger partial charge in [-0.2, -0.15) is 5.26 Å². The largest absolute Gasteiger partial charge is 0.481 e. The maximum absolute atomic E-state index is 13.0. The SMILES string of the molecule is CCN(CC(C)C(=O)O)c1ccc(F)cc1C#N. The molecule has 1 aromatic rings. The number of carbonyl (C=O) groups is 1. The molecule has 0 aliphatic heterocycles. The molecule has 1 aromatic carbocycles. The van der Waals surface area contributed by atoms with Gasteiger partial charge in [-0.1, -0.05) is 6.92 Å². The van der Waals surface area contributed by atoms with Crippen LogP contribution in [0.25, 0.3) is 0 Å². The fourth-order valence-electron chi connectivity index (χ4n) is 1.68. The van der Waals surface area contributed by atoms with Gasteiger partial charge in [-0.25, -0.2) is 4.39 Å². The number of nitriles is 1. The topological polar surface area (TPSA) is 64.3 Å². The van der Waals surface area contributed by atoms with Gasteiger partial charge in [0.25, 0.3) is 0 Å². The maximum Gasteiger partial charge on any atom is 0.308 e. The number of carboxylic acid groups (broad SMARTS) is 1. The predicted octanol–water partition coefficient (Wildman–Crippen LogP) is 2.24. The average Bonchev–Trinajstić information content (AvgIpc) is 2.35. The predicted molar refractivity (Wildman–Crippen MR) is 65.8 cm³/mol. The van der Waals surface area contributed by atoms with E-state index in [1.54, 1.807) is 11.8 Å². The molecule has 0 fully saturated rings. The van der Waals surface area contributed by atoms with Gasteiger partial charge < -0.3 is 10.0 Å². The van der Waals surface area contributed by atoms with Crippen LogP contribution in [-0.2, 0) is 4.79 Å². The fourth-order valence-corrected chi connectivity index (χ4v) is 1.68. The summed E-state index contributed by atoms with van der Waals surface area (Å²) in [5.41, 5.74) is 0.781. The van der Waals surface area contributed by atoms with Gasteiger partial charge in [0.1, 0.15) is 11.9 Å². The average molecular weight is 250 g/mol. The number of rotatable bonds is 5. The number of benzene rings is 1. The highest BCUT2D eigenvalue weighted by atomic mass is 19.1. The second-order valence-corrected chi connectivity index (χ2v) is 4.05. The molecule has 0 heterocycles. The minimum atomic E-state index is -0.894. The molecule has 4 nitrogen and oxygen atoms in total. The first-order valence-corrected chi connectivity index (χ1v) is 5.67. The van der Waals surface area contributed by atoms with Gasteiger partial charge >= 0.3 is 5.97 Å². The Hall–Kier alpha value is -2.09. The quantitative estimate of drug-likeness (QED) is 0.870. The molecule has 1 N–H and O–H groups in total. The highest BCUT2D eigenvalue weighted by Gasteiger charge is 2.17. The van der Waals surface area contributed by atoms with E-state index in [2.05, 4.69) is 0 Å². The molecular formula is C13H15FN2O2. The molecule has 18 heavy (non-hydrogen) atoms. The zero-order chi connectivity index (χ0) is 13.7. The number of nitrogens with zero attached hydrogens (tertiary/aromatic N) is 2. The van der Waals surface area contributed by atoms with Crippen LogP contribution in [0.4, 0.5) is 10.1 Å². The minimum Gasteiger partial charge on any atom is -0.481 e. The molecule has 0 bridgehead atoms. The van der Waals surface area contributed by atoms with Crippen molar-refractivity contribution >= 4 is 11.7 Å². The van der Waals surface area contributed by atoms with E-state index >= 15 is 0 Å². The molecule has 0 amide bonds. The van der Waals surface area contributed by atoms with Crippen molar-refractivity contribution in [3.63, 3.8) is 0 Å². The monoisotopic (exact) mass is 250 g/mol. The van der Waals surface area contributed by atoms with E-state index in [-0.39, 0.29) is 12.1 Å². The van der Waals surface area contributed by atoms with Gasteiger partial charge in [-0.3, -0.25) is 4.79 Å². The molecule has 1 atom stereocenters. The number of hydrogen-bond donors (Lipinski definition) is 1. The molecular weight excluding hydrogens is 235 g/mol. The van der Waals surface area contributed by atoms with Crippen molar-refractivity contribution in [1.29, 1.82) is 5.26 Å². The normalized spacial score (nSPS) is 11.7. The zero-order valence-corrected chi connectivity index (χ0v) is 10.4. The third-order valence-corrected chi connectivity index (χ3v) is 2.72. The summed E-state index contributed by atoms with van der Waals surface area (Å²) in [6, 6.07) is 5.85. The molecule has 0 radical (unpaired) electrons. The lowest BCUT2D eigenvalue weighted by atomic mass is 10.1. The second-order valence-electron chi connectivity index (χ2n) is 4.05. The number of carboxylic acids is 1. The summed E-state index contributed by atoms with van der Waals surface area (Å²) in [5.74, 6) is -1.92. The van der Waals surface area contributed by atoms with E-state index in [9.17, 15) is 9.18 Å². The minimum absolute atomic E-state index is 0.217. The summed E-state index contributed by atoms with van der Waals surface area (Å²) < 4.78 is 13.0. The summed E-state index contributed by atoms with van der Waals surface area (Å²) in [6.07, 6.45) is 0. The van der Waals surface area contributed by atoms with Crippen molar-refractivity contribution in [2.24, 2.45) is 5.92 Å². The van der Waals surface area contributed by atoms with E-state index < -0.39 is 17.7 Å². The van der Waals surface area contributed by atoms with Crippen molar-refractivity contribution in [3.05, 3.63) is 29.6 Å². The molecule has 0 spiro atoms. The van der Waals surface area contributed by atoms with Gasteiger partial charge in [0, 0.05) is 13.1 Å². The third-order valence-electron chi connectivity index (χ3n) is 2.72. The van der Waals surface area contributed by atoms with Crippen molar-refractivity contribution in [2.75, 3.05) is 18.0 Å². The third kappa shape index (κ3) is 3.20. The highest BCUT2D eigenvalue weighted by molar-refractivity contribution is 5.71. The Labute approximate surface area is 105 Å². The first-order chi connectivity index (χ1) is 8.49. The molecule has 1 unspecified atom stereocenters. The number of hydrogen-bond acceptors (Lipinski definition) is 3. The van der Waals surface area contributed by atoms with E-state index in [4.69, 9.17) is 10.4 Å². The Kier molecular flexibility index (Phi) is 4.67. The molecule has 0 saturated carbocycles. The van der Waals surface area contributed by atoms with E-state index in [0.29, 0.717) is 12.2 Å². The molecule has 0 saturated heterocycles. The zero-order valence-electron chi connectivity index (χ0n) is 10.4. The van der Waals surface area contributed by atoms with Gasteiger partial charge in [0.2, 0.25) is 0 Å². The molecule has 0 aliphatic rings. The molecule has 5 heteroatoms. The summed E-state index contributed by atoms with van der Waals surface area (Å²) in [5, 5.41) is 17.9. The van der Waals surface area contributed by atoms with Crippen LogP contribution >= 0.6 is 0 Å². The Bertz CT molecular complexity index is 482. The first kappa shape index (κ1) is 14.0. The standard InChI is InChI=1S/C13H15FN2O2/c1-3-16(8-9(2)13(17)18)12-5-4-11(14)6-10(12)7-15/h4-6,9H,3,8H2,1-2H3,(H,17,18). The second kappa shape index (κ2) is 6.01. The lowest BCUT2D eigenvalue weighted by molar-refractivity contribution is -0.140. The maximum atomic E-state index is 13.0. The fraction of sp³-hybridized carbons (Fsp3) is 0.385. The van der Waals surface area contributed by atoms with Crippen LogP contribution in [0, 0.1) is 23.1 Å². The molecule has 0 aromatic heterocycles. The Morgan fingerprint density at radius 3 is 2.78 bits per heavy atom. The van der Waals surface area contributed by atoms with Crippen LogP contribution in [0.5, 0.6) is 0 Å². The molecule has 1 rings (SSSR count). The van der Waals surface area contributed by atoms with Crippen LogP contribution in [0.15, 0.2) is 18.2 Å². The summed E-state index contributed by atoms with van der Waals surface area (Å²) >= 11 is 0. The number of halogens is 1. The van der Waals surface area contributed by atoms with Crippen molar-refractivity contribution in [2.45, 2.75) is 13.8 Å². The van der Waals surface area contributed by atoms with Crippen LogP contribution in [-0.4, -0.2) is 24.2 Å². The van der Waals surface area contributed by atoms with Gasteiger partial charge in [0.05, 0.1) is 17.2 Å². The van der Waals surface area contributed by atoms with Crippen LogP contribution in [0.2, 0.25) is 0 Å². The first-order valence-electron chi connectivity index (χ1n) is 5.67. The number of anilines is 1. The number of aliphatic carboxylic acids is 1. The lowest BCUT2D eigenvalue weighted by Crippen LogP contribution is -2.32. The summed E-state index contributed by atoms with van der Waals surface area (Å²) in [6.45, 7) is 4.30. The summed E-state index contributed by atoms with van der Waals surface area (Å²) in [4.78, 5) is 12.6. The van der Waals surface area contributed by atoms with Crippen molar-refractivity contribution in [3.8, 4) is 6.07 Å². The van der Waals surface area contributed by atoms with Crippen molar-refractivity contribution < 1.29 is 14.3 Å². The van der Waals surface area contributed by atoms with E-state index in [0.717, 1.165) is 6.07 Å². The summed E-state index contributed by atoms with van der Waals surface area (Å²) in [7, 11) is 0. The van der Waals surface area contributed by atoms with Crippen LogP contribution in [0.3, 0.4) is 0 Å². The smallest absolute Gasteiger partial charge is 0.308 e. The van der Waals surface area contributed by atoms with Crippen LogP contribution in [0.1, 0.15) is 19.4 Å². The lowest BCUT2D eigenvalue weighted by Gasteiger charge is -2.25. The van der Waals surface area contributed by atoms with Crippen LogP contribution < -0.4 is 4.90 Å². The van der Waals surface area contributed by atoms with E-state index in [1.807, 2.05) is 13.0 Å².